The van der Waals surface area contributed by atoms with Gasteiger partial charge in [-0.2, -0.15) is 0 Å². The fraction of sp³-hybridized carbons (Fsp3) is 1.00. The van der Waals surface area contributed by atoms with E-state index in [2.05, 4.69) is 25.7 Å². The molecule has 0 aliphatic heterocycles. The van der Waals surface area contributed by atoms with Crippen LogP contribution in [0, 0.1) is 17.3 Å². The van der Waals surface area contributed by atoms with Gasteiger partial charge in [-0.1, -0.05) is 33.6 Å². The highest BCUT2D eigenvalue weighted by Gasteiger charge is 2.36. The van der Waals surface area contributed by atoms with Crippen LogP contribution < -0.4 is 5.73 Å². The Bertz CT molecular complexity index is 307. The van der Waals surface area contributed by atoms with Crippen molar-refractivity contribution in [2.45, 2.75) is 77.8 Å². The van der Waals surface area contributed by atoms with Crippen LogP contribution in [0.2, 0.25) is 0 Å². The van der Waals surface area contributed by atoms with Gasteiger partial charge < -0.3 is 10.8 Å². The first-order valence-electron chi connectivity index (χ1n) is 9.02. The van der Waals surface area contributed by atoms with Crippen molar-refractivity contribution in [3.8, 4) is 0 Å². The summed E-state index contributed by atoms with van der Waals surface area (Å²) in [4.78, 5) is 2.54. The van der Waals surface area contributed by atoms with Crippen molar-refractivity contribution in [1.29, 1.82) is 0 Å². The Hall–Kier alpha value is -0.120. The smallest absolute Gasteiger partial charge is 0.0558 e. The van der Waals surface area contributed by atoms with Crippen molar-refractivity contribution in [3.05, 3.63) is 0 Å². The van der Waals surface area contributed by atoms with Crippen LogP contribution in [0.25, 0.3) is 0 Å². The molecule has 0 amide bonds. The highest BCUT2D eigenvalue weighted by atomic mass is 16.3. The third-order valence-corrected chi connectivity index (χ3v) is 5.96. The SMILES string of the molecule is CC(C)(C)C1CCC(N)C(CN(CCO)C2CCCC2)C1. The van der Waals surface area contributed by atoms with E-state index < -0.39 is 0 Å². The van der Waals surface area contributed by atoms with Crippen LogP contribution in [0.4, 0.5) is 0 Å². The Morgan fingerprint density at radius 2 is 1.76 bits per heavy atom. The Morgan fingerprint density at radius 1 is 1.10 bits per heavy atom. The molecule has 124 valence electrons. The standard InChI is InChI=1S/C18H36N2O/c1-18(2,3)15-8-9-17(19)14(12-15)13-20(10-11-21)16-6-4-5-7-16/h14-17,21H,4-13,19H2,1-3H3. The van der Waals surface area contributed by atoms with Crippen molar-refractivity contribution in [2.75, 3.05) is 19.7 Å². The van der Waals surface area contributed by atoms with Gasteiger partial charge in [-0.05, 0) is 49.4 Å². The van der Waals surface area contributed by atoms with E-state index in [0.29, 0.717) is 23.4 Å². The van der Waals surface area contributed by atoms with Gasteiger partial charge in [-0.25, -0.2) is 0 Å². The van der Waals surface area contributed by atoms with Gasteiger partial charge in [0.15, 0.2) is 0 Å². The summed E-state index contributed by atoms with van der Waals surface area (Å²) in [6.45, 7) is 9.31. The van der Waals surface area contributed by atoms with E-state index in [-0.39, 0.29) is 6.61 Å². The van der Waals surface area contributed by atoms with Crippen LogP contribution in [0.1, 0.15) is 65.7 Å². The van der Waals surface area contributed by atoms with Gasteiger partial charge in [-0.3, -0.25) is 4.90 Å². The van der Waals surface area contributed by atoms with E-state index in [4.69, 9.17) is 5.73 Å². The van der Waals surface area contributed by atoms with Crippen molar-refractivity contribution in [3.63, 3.8) is 0 Å². The maximum atomic E-state index is 9.40. The second kappa shape index (κ2) is 7.43. The summed E-state index contributed by atoms with van der Waals surface area (Å²) in [6, 6.07) is 1.05. The summed E-state index contributed by atoms with van der Waals surface area (Å²) >= 11 is 0. The number of hydrogen-bond acceptors (Lipinski definition) is 3. The van der Waals surface area contributed by atoms with E-state index in [0.717, 1.165) is 19.0 Å². The first-order chi connectivity index (χ1) is 9.91. The lowest BCUT2D eigenvalue weighted by Crippen LogP contribution is -2.47. The fourth-order valence-corrected chi connectivity index (χ4v) is 4.41. The zero-order chi connectivity index (χ0) is 15.5. The molecule has 3 heteroatoms. The Labute approximate surface area is 131 Å². The molecule has 0 aromatic rings. The normalized spacial score (nSPS) is 32.0. The van der Waals surface area contributed by atoms with E-state index in [1.165, 1.54) is 44.9 Å². The van der Waals surface area contributed by atoms with E-state index in [1.54, 1.807) is 0 Å². The van der Waals surface area contributed by atoms with Crippen molar-refractivity contribution in [2.24, 2.45) is 23.0 Å². The largest absolute Gasteiger partial charge is 0.395 e. The molecule has 0 aromatic carbocycles. The zero-order valence-corrected chi connectivity index (χ0v) is 14.4. The summed E-state index contributed by atoms with van der Waals surface area (Å²) < 4.78 is 0. The molecule has 0 bridgehead atoms. The minimum atomic E-state index is 0.279. The molecule has 2 aliphatic rings. The maximum Gasteiger partial charge on any atom is 0.0558 e. The third kappa shape index (κ3) is 4.67. The maximum absolute atomic E-state index is 9.40. The second-order valence-corrected chi connectivity index (χ2v) is 8.46. The highest BCUT2D eigenvalue weighted by molar-refractivity contribution is 4.90. The zero-order valence-electron chi connectivity index (χ0n) is 14.4. The first kappa shape index (κ1) is 17.2. The van der Waals surface area contributed by atoms with Gasteiger partial charge in [0.05, 0.1) is 6.61 Å². The van der Waals surface area contributed by atoms with E-state index in [9.17, 15) is 5.11 Å². The van der Waals surface area contributed by atoms with Gasteiger partial charge in [0.25, 0.3) is 0 Å². The molecule has 0 heterocycles. The van der Waals surface area contributed by atoms with Crippen LogP contribution in [0.5, 0.6) is 0 Å². The Balaban J connectivity index is 1.96. The minimum absolute atomic E-state index is 0.279. The predicted molar refractivity (Wildman–Crippen MR) is 89.2 cm³/mol. The third-order valence-electron chi connectivity index (χ3n) is 5.96. The average molecular weight is 296 g/mol. The van der Waals surface area contributed by atoms with Crippen molar-refractivity contribution in [1.82, 2.24) is 4.90 Å². The Morgan fingerprint density at radius 3 is 2.33 bits per heavy atom. The summed E-state index contributed by atoms with van der Waals surface area (Å²) in [5.74, 6) is 1.40. The average Bonchev–Trinajstić information content (AvgIpc) is 2.93. The number of nitrogens with zero attached hydrogens (tertiary/aromatic N) is 1. The minimum Gasteiger partial charge on any atom is -0.395 e. The quantitative estimate of drug-likeness (QED) is 0.820. The van der Waals surface area contributed by atoms with Gasteiger partial charge in [0.2, 0.25) is 0 Å². The number of aliphatic hydroxyl groups is 1. The second-order valence-electron chi connectivity index (χ2n) is 8.46. The molecule has 2 rings (SSSR count). The van der Waals surface area contributed by atoms with Gasteiger partial charge in [0, 0.05) is 25.2 Å². The molecule has 0 aromatic heterocycles. The molecular weight excluding hydrogens is 260 g/mol. The molecule has 2 fully saturated rings. The van der Waals surface area contributed by atoms with E-state index in [1.807, 2.05) is 0 Å². The van der Waals surface area contributed by atoms with Crippen LogP contribution in [0.3, 0.4) is 0 Å². The molecule has 2 saturated carbocycles. The monoisotopic (exact) mass is 296 g/mol. The molecule has 3 nitrogen and oxygen atoms in total. The molecule has 0 radical (unpaired) electrons. The number of rotatable bonds is 5. The molecule has 0 spiro atoms. The lowest BCUT2D eigenvalue weighted by atomic mass is 9.67. The molecular formula is C18H36N2O. The van der Waals surface area contributed by atoms with Crippen LogP contribution in [0.15, 0.2) is 0 Å². The molecule has 3 atom stereocenters. The number of hydrogen-bond donors (Lipinski definition) is 2. The predicted octanol–water partition coefficient (Wildman–Crippen LogP) is 3.01. The summed E-state index contributed by atoms with van der Waals surface area (Å²) in [6.07, 6.45) is 9.05. The molecule has 3 unspecified atom stereocenters. The molecule has 2 aliphatic carbocycles. The van der Waals surface area contributed by atoms with Gasteiger partial charge in [-0.15, -0.1) is 0 Å². The van der Waals surface area contributed by atoms with Crippen LogP contribution in [-0.2, 0) is 0 Å². The fourth-order valence-electron chi connectivity index (χ4n) is 4.41. The number of aliphatic hydroxyl groups excluding tert-OH is 1. The topological polar surface area (TPSA) is 49.5 Å². The lowest BCUT2D eigenvalue weighted by molar-refractivity contribution is 0.0740. The lowest BCUT2D eigenvalue weighted by Gasteiger charge is -2.43. The molecule has 0 saturated heterocycles. The van der Waals surface area contributed by atoms with Crippen LogP contribution in [-0.4, -0.2) is 41.8 Å². The van der Waals surface area contributed by atoms with Crippen LogP contribution >= 0.6 is 0 Å². The highest BCUT2D eigenvalue weighted by Crippen LogP contribution is 2.40. The van der Waals surface area contributed by atoms with E-state index >= 15 is 0 Å². The van der Waals surface area contributed by atoms with Crippen molar-refractivity contribution >= 4 is 0 Å². The number of nitrogens with two attached hydrogens (primary N) is 1. The van der Waals surface area contributed by atoms with Crippen molar-refractivity contribution < 1.29 is 5.11 Å². The summed E-state index contributed by atoms with van der Waals surface area (Å²) in [7, 11) is 0. The van der Waals surface area contributed by atoms with Gasteiger partial charge >= 0.3 is 0 Å². The molecule has 3 N–H and O–H groups in total. The summed E-state index contributed by atoms with van der Waals surface area (Å²) in [5.41, 5.74) is 6.83. The Kier molecular flexibility index (Phi) is 6.10. The summed E-state index contributed by atoms with van der Waals surface area (Å²) in [5, 5.41) is 9.40. The molecule has 21 heavy (non-hydrogen) atoms. The van der Waals surface area contributed by atoms with Gasteiger partial charge in [0.1, 0.15) is 0 Å². The first-order valence-corrected chi connectivity index (χ1v) is 9.02.